The highest BCUT2D eigenvalue weighted by atomic mass is 35.5. The molecule has 1 heterocycles. The topological polar surface area (TPSA) is 32.8 Å². The summed E-state index contributed by atoms with van der Waals surface area (Å²) in [5, 5.41) is 1.32. The van der Waals surface area contributed by atoms with Crippen molar-refractivity contribution in [1.82, 2.24) is 9.80 Å². The van der Waals surface area contributed by atoms with Crippen LogP contribution in [-0.4, -0.2) is 48.5 Å². The molecule has 0 aliphatic carbocycles. The number of para-hydroxylation sites is 1. The number of carbonyl (C=O) groups excluding carboxylic acids is 1. The van der Waals surface area contributed by atoms with Gasteiger partial charge in [0.25, 0.3) is 5.91 Å². The van der Waals surface area contributed by atoms with Crippen LogP contribution in [0.2, 0.25) is 10.0 Å². The Morgan fingerprint density at radius 2 is 1.81 bits per heavy atom. The molecule has 1 aliphatic rings. The molecule has 0 radical (unpaired) electrons. The van der Waals surface area contributed by atoms with Gasteiger partial charge in [0.2, 0.25) is 0 Å². The van der Waals surface area contributed by atoms with Gasteiger partial charge in [0, 0.05) is 42.8 Å². The molecule has 1 fully saturated rings. The third kappa shape index (κ3) is 4.91. The summed E-state index contributed by atoms with van der Waals surface area (Å²) in [5.41, 5.74) is 2.09. The fourth-order valence-corrected chi connectivity index (χ4v) is 3.46. The van der Waals surface area contributed by atoms with Crippen molar-refractivity contribution in [2.24, 2.45) is 0 Å². The molecule has 4 nitrogen and oxygen atoms in total. The second-order valence-corrected chi connectivity index (χ2v) is 7.29. The van der Waals surface area contributed by atoms with E-state index in [1.54, 1.807) is 6.07 Å². The summed E-state index contributed by atoms with van der Waals surface area (Å²) >= 11 is 12.2. The van der Waals surface area contributed by atoms with Crippen LogP contribution < -0.4 is 4.74 Å². The number of carbonyl (C=O) groups is 1. The van der Waals surface area contributed by atoms with E-state index in [0.29, 0.717) is 23.1 Å². The maximum Gasteiger partial charge on any atom is 0.260 e. The van der Waals surface area contributed by atoms with Crippen LogP contribution in [0.5, 0.6) is 5.75 Å². The van der Waals surface area contributed by atoms with Crippen molar-refractivity contribution in [3.05, 3.63) is 63.6 Å². The number of nitrogens with zero attached hydrogens (tertiary/aromatic N) is 2. The Morgan fingerprint density at radius 1 is 1.08 bits per heavy atom. The number of amides is 1. The second kappa shape index (κ2) is 8.76. The van der Waals surface area contributed by atoms with Gasteiger partial charge in [0.05, 0.1) is 0 Å². The Kier molecular flexibility index (Phi) is 6.41. The molecule has 1 aliphatic heterocycles. The van der Waals surface area contributed by atoms with E-state index in [0.717, 1.165) is 36.5 Å². The number of benzene rings is 2. The average Bonchev–Trinajstić information content (AvgIpc) is 2.64. The first kappa shape index (κ1) is 19.0. The Balaban J connectivity index is 1.47. The summed E-state index contributed by atoms with van der Waals surface area (Å²) < 4.78 is 5.67. The van der Waals surface area contributed by atoms with E-state index in [1.165, 1.54) is 0 Å². The molecule has 0 aromatic heterocycles. The zero-order valence-electron chi connectivity index (χ0n) is 14.8. The van der Waals surface area contributed by atoms with Gasteiger partial charge in [-0.25, -0.2) is 0 Å². The number of piperazine rings is 1. The summed E-state index contributed by atoms with van der Waals surface area (Å²) in [6, 6.07) is 13.3. The van der Waals surface area contributed by atoms with Gasteiger partial charge in [0.15, 0.2) is 6.61 Å². The highest BCUT2D eigenvalue weighted by molar-refractivity contribution is 6.35. The third-order valence-corrected chi connectivity index (χ3v) is 5.17. The molecule has 0 unspecified atom stereocenters. The SMILES string of the molecule is Cc1ccccc1OCC(=O)N1CCN(Cc2ccc(Cl)cc2Cl)CC1. The van der Waals surface area contributed by atoms with Crippen molar-refractivity contribution in [1.29, 1.82) is 0 Å². The Bertz CT molecular complexity index is 774. The molecule has 26 heavy (non-hydrogen) atoms. The Morgan fingerprint density at radius 3 is 2.50 bits per heavy atom. The highest BCUT2D eigenvalue weighted by Gasteiger charge is 2.22. The summed E-state index contributed by atoms with van der Waals surface area (Å²) in [6.45, 7) is 5.83. The Labute approximate surface area is 164 Å². The molecule has 0 spiro atoms. The lowest BCUT2D eigenvalue weighted by Gasteiger charge is -2.34. The summed E-state index contributed by atoms with van der Waals surface area (Å²) in [5.74, 6) is 0.786. The zero-order valence-corrected chi connectivity index (χ0v) is 16.3. The zero-order chi connectivity index (χ0) is 18.5. The molecule has 138 valence electrons. The number of hydrogen-bond acceptors (Lipinski definition) is 3. The van der Waals surface area contributed by atoms with Crippen LogP contribution in [0.15, 0.2) is 42.5 Å². The minimum Gasteiger partial charge on any atom is -0.484 e. The molecule has 6 heteroatoms. The van der Waals surface area contributed by atoms with Crippen molar-refractivity contribution < 1.29 is 9.53 Å². The number of ether oxygens (including phenoxy) is 1. The molecule has 0 N–H and O–H groups in total. The van der Waals surface area contributed by atoms with Crippen molar-refractivity contribution in [2.75, 3.05) is 32.8 Å². The highest BCUT2D eigenvalue weighted by Crippen LogP contribution is 2.23. The predicted octanol–water partition coefficient (Wildman–Crippen LogP) is 4.03. The normalized spacial score (nSPS) is 15.1. The molecule has 2 aromatic carbocycles. The van der Waals surface area contributed by atoms with Crippen molar-refractivity contribution in [3.8, 4) is 5.75 Å². The summed E-state index contributed by atoms with van der Waals surface area (Å²) in [4.78, 5) is 16.5. The van der Waals surface area contributed by atoms with E-state index < -0.39 is 0 Å². The molecular formula is C20H22Cl2N2O2. The fourth-order valence-electron chi connectivity index (χ4n) is 3.00. The van der Waals surface area contributed by atoms with E-state index in [2.05, 4.69) is 4.90 Å². The molecular weight excluding hydrogens is 371 g/mol. The summed E-state index contributed by atoms with van der Waals surface area (Å²) in [6.07, 6.45) is 0. The fraction of sp³-hybridized carbons (Fsp3) is 0.350. The largest absolute Gasteiger partial charge is 0.484 e. The monoisotopic (exact) mass is 392 g/mol. The van der Waals surface area contributed by atoms with Gasteiger partial charge in [-0.1, -0.05) is 47.5 Å². The van der Waals surface area contributed by atoms with Crippen LogP contribution >= 0.6 is 23.2 Å². The van der Waals surface area contributed by atoms with Crippen LogP contribution in [0.3, 0.4) is 0 Å². The van der Waals surface area contributed by atoms with Crippen LogP contribution in [0.4, 0.5) is 0 Å². The van der Waals surface area contributed by atoms with E-state index in [9.17, 15) is 4.79 Å². The van der Waals surface area contributed by atoms with Crippen molar-refractivity contribution >= 4 is 29.1 Å². The van der Waals surface area contributed by atoms with Crippen molar-refractivity contribution in [2.45, 2.75) is 13.5 Å². The standard InChI is InChI=1S/C20H22Cl2N2O2/c1-15-4-2-3-5-19(15)26-14-20(25)24-10-8-23(9-11-24)13-16-6-7-17(21)12-18(16)22/h2-7,12H,8-11,13-14H2,1H3. The first-order valence-electron chi connectivity index (χ1n) is 8.65. The van der Waals surface area contributed by atoms with E-state index in [4.69, 9.17) is 27.9 Å². The maximum atomic E-state index is 12.4. The van der Waals surface area contributed by atoms with Crippen LogP contribution in [0, 0.1) is 6.92 Å². The quantitative estimate of drug-likeness (QED) is 0.769. The van der Waals surface area contributed by atoms with E-state index >= 15 is 0 Å². The third-order valence-electron chi connectivity index (χ3n) is 4.58. The van der Waals surface area contributed by atoms with E-state index in [-0.39, 0.29) is 12.5 Å². The number of aryl methyl sites for hydroxylation is 1. The smallest absolute Gasteiger partial charge is 0.260 e. The van der Waals surface area contributed by atoms with Crippen LogP contribution in [0.25, 0.3) is 0 Å². The lowest BCUT2D eigenvalue weighted by molar-refractivity contribution is -0.135. The average molecular weight is 393 g/mol. The van der Waals surface area contributed by atoms with Gasteiger partial charge in [-0.2, -0.15) is 0 Å². The first-order chi connectivity index (χ1) is 12.5. The molecule has 1 amide bonds. The molecule has 2 aromatic rings. The lowest BCUT2D eigenvalue weighted by Crippen LogP contribution is -2.49. The summed E-state index contributed by atoms with van der Waals surface area (Å²) in [7, 11) is 0. The van der Waals surface area contributed by atoms with Gasteiger partial charge >= 0.3 is 0 Å². The number of hydrogen-bond donors (Lipinski definition) is 0. The first-order valence-corrected chi connectivity index (χ1v) is 9.41. The van der Waals surface area contributed by atoms with Gasteiger partial charge in [-0.3, -0.25) is 9.69 Å². The minimum absolute atomic E-state index is 0.0254. The van der Waals surface area contributed by atoms with Gasteiger partial charge in [-0.05, 0) is 36.2 Å². The van der Waals surface area contributed by atoms with Crippen molar-refractivity contribution in [3.63, 3.8) is 0 Å². The second-order valence-electron chi connectivity index (χ2n) is 6.45. The predicted molar refractivity (Wildman–Crippen MR) is 105 cm³/mol. The lowest BCUT2D eigenvalue weighted by atomic mass is 10.2. The van der Waals surface area contributed by atoms with Gasteiger partial charge in [-0.15, -0.1) is 0 Å². The molecule has 0 saturated carbocycles. The van der Waals surface area contributed by atoms with Gasteiger partial charge in [0.1, 0.15) is 5.75 Å². The number of halogens is 2. The van der Waals surface area contributed by atoms with E-state index in [1.807, 2.05) is 48.2 Å². The molecule has 0 bridgehead atoms. The number of rotatable bonds is 5. The molecule has 0 atom stereocenters. The maximum absolute atomic E-state index is 12.4. The Hall–Kier alpha value is -1.75. The minimum atomic E-state index is 0.0254. The van der Waals surface area contributed by atoms with Crippen LogP contribution in [0.1, 0.15) is 11.1 Å². The molecule has 3 rings (SSSR count). The molecule has 1 saturated heterocycles. The van der Waals surface area contributed by atoms with Gasteiger partial charge < -0.3 is 9.64 Å². The van der Waals surface area contributed by atoms with Crippen LogP contribution in [-0.2, 0) is 11.3 Å².